The molecule has 0 aliphatic heterocycles. The van der Waals surface area contributed by atoms with Gasteiger partial charge in [0.1, 0.15) is 5.75 Å². The first-order chi connectivity index (χ1) is 10.0. The highest BCUT2D eigenvalue weighted by atomic mass is 79.9. The van der Waals surface area contributed by atoms with Gasteiger partial charge >= 0.3 is 5.97 Å². The molecule has 0 aromatic heterocycles. The van der Waals surface area contributed by atoms with E-state index in [9.17, 15) is 9.59 Å². The summed E-state index contributed by atoms with van der Waals surface area (Å²) in [5.41, 5.74) is -0.749. The molecule has 2 N–H and O–H groups in total. The Morgan fingerprint density at radius 2 is 2.14 bits per heavy atom. The van der Waals surface area contributed by atoms with E-state index in [1.807, 2.05) is 24.3 Å². The second kappa shape index (κ2) is 6.93. The molecule has 1 aliphatic rings. The molecule has 1 aliphatic carbocycles. The van der Waals surface area contributed by atoms with E-state index in [1.54, 1.807) is 0 Å². The number of carboxylic acids is 1. The smallest absolute Gasteiger partial charge is 0.311 e. The second-order valence-corrected chi connectivity index (χ2v) is 6.19. The van der Waals surface area contributed by atoms with Gasteiger partial charge in [0, 0.05) is 11.0 Å². The Labute approximate surface area is 131 Å². The maximum Gasteiger partial charge on any atom is 0.311 e. The molecule has 6 heteroatoms. The lowest BCUT2D eigenvalue weighted by molar-refractivity contribution is -0.154. The first kappa shape index (κ1) is 15.8. The average Bonchev–Trinajstić information content (AvgIpc) is 2.37. The van der Waals surface area contributed by atoms with E-state index >= 15 is 0 Å². The molecule has 0 heterocycles. The van der Waals surface area contributed by atoms with Gasteiger partial charge in [-0.1, -0.05) is 28.4 Å². The molecule has 21 heavy (non-hydrogen) atoms. The van der Waals surface area contributed by atoms with Crippen molar-refractivity contribution in [3.63, 3.8) is 0 Å². The third-order valence-corrected chi connectivity index (χ3v) is 4.28. The Balaban J connectivity index is 1.69. The largest absolute Gasteiger partial charge is 0.493 e. The number of ether oxygens (including phenoxy) is 1. The summed E-state index contributed by atoms with van der Waals surface area (Å²) in [7, 11) is 0. The Hall–Kier alpha value is -1.56. The molecule has 0 saturated heterocycles. The van der Waals surface area contributed by atoms with Gasteiger partial charge < -0.3 is 15.2 Å². The van der Waals surface area contributed by atoms with Crippen molar-refractivity contribution in [3.8, 4) is 5.75 Å². The van der Waals surface area contributed by atoms with Crippen molar-refractivity contribution in [2.24, 2.45) is 5.41 Å². The molecule has 2 rings (SSSR count). The standard InChI is InChI=1S/C15H18BrNO4/c16-11-3-1-4-12(9-11)21-8-5-13(18)17-10-15(14(19)20)6-2-7-15/h1,3-4,9H,2,5-8,10H2,(H,17,18)(H,19,20). The van der Waals surface area contributed by atoms with Crippen LogP contribution < -0.4 is 10.1 Å². The lowest BCUT2D eigenvalue weighted by Gasteiger charge is -2.37. The molecule has 0 radical (unpaired) electrons. The molecular formula is C15H18BrNO4. The Morgan fingerprint density at radius 3 is 2.71 bits per heavy atom. The molecule has 0 atom stereocenters. The number of halogens is 1. The minimum atomic E-state index is -0.820. The fraction of sp³-hybridized carbons (Fsp3) is 0.467. The van der Waals surface area contributed by atoms with Crippen LogP contribution in [0.1, 0.15) is 25.7 Å². The van der Waals surface area contributed by atoms with Gasteiger partial charge in [0.15, 0.2) is 0 Å². The number of nitrogens with one attached hydrogen (secondary N) is 1. The van der Waals surface area contributed by atoms with Crippen molar-refractivity contribution in [1.82, 2.24) is 5.32 Å². The summed E-state index contributed by atoms with van der Waals surface area (Å²) in [5.74, 6) is -0.310. The van der Waals surface area contributed by atoms with E-state index in [4.69, 9.17) is 9.84 Å². The Kier molecular flexibility index (Phi) is 5.22. The fourth-order valence-corrected chi connectivity index (χ4v) is 2.62. The van der Waals surface area contributed by atoms with Crippen molar-refractivity contribution in [3.05, 3.63) is 28.7 Å². The van der Waals surface area contributed by atoms with Crippen molar-refractivity contribution in [2.75, 3.05) is 13.2 Å². The van der Waals surface area contributed by atoms with E-state index in [0.717, 1.165) is 10.9 Å². The minimum absolute atomic E-state index is 0.183. The summed E-state index contributed by atoms with van der Waals surface area (Å²) in [4.78, 5) is 22.9. The van der Waals surface area contributed by atoms with Crippen molar-refractivity contribution < 1.29 is 19.4 Å². The first-order valence-electron chi connectivity index (χ1n) is 6.90. The van der Waals surface area contributed by atoms with E-state index < -0.39 is 11.4 Å². The van der Waals surface area contributed by atoms with E-state index in [2.05, 4.69) is 21.2 Å². The number of rotatable bonds is 7. The lowest BCUT2D eigenvalue weighted by Crippen LogP contribution is -2.47. The van der Waals surface area contributed by atoms with Crippen LogP contribution in [0.4, 0.5) is 0 Å². The van der Waals surface area contributed by atoms with Crippen LogP contribution in [0.3, 0.4) is 0 Å². The predicted octanol–water partition coefficient (Wildman–Crippen LogP) is 2.59. The van der Waals surface area contributed by atoms with Crippen LogP contribution in [0.25, 0.3) is 0 Å². The number of amides is 1. The normalized spacial score (nSPS) is 15.9. The number of aliphatic carboxylic acids is 1. The molecule has 1 aromatic rings. The van der Waals surface area contributed by atoms with Crippen LogP contribution in [0.2, 0.25) is 0 Å². The number of benzene rings is 1. The zero-order valence-corrected chi connectivity index (χ0v) is 13.2. The van der Waals surface area contributed by atoms with Crippen molar-refractivity contribution in [2.45, 2.75) is 25.7 Å². The fourth-order valence-electron chi connectivity index (χ4n) is 2.24. The van der Waals surface area contributed by atoms with Gasteiger partial charge in [-0.2, -0.15) is 0 Å². The molecular weight excluding hydrogens is 338 g/mol. The molecule has 1 saturated carbocycles. The number of hydrogen-bond acceptors (Lipinski definition) is 3. The molecule has 5 nitrogen and oxygen atoms in total. The van der Waals surface area contributed by atoms with Gasteiger partial charge in [0.05, 0.1) is 18.4 Å². The highest BCUT2D eigenvalue weighted by Gasteiger charge is 2.44. The van der Waals surface area contributed by atoms with Gasteiger partial charge in [-0.3, -0.25) is 9.59 Å². The lowest BCUT2D eigenvalue weighted by atomic mass is 9.69. The number of carbonyl (C=O) groups excluding carboxylic acids is 1. The van der Waals surface area contributed by atoms with Crippen LogP contribution >= 0.6 is 15.9 Å². The zero-order valence-electron chi connectivity index (χ0n) is 11.6. The first-order valence-corrected chi connectivity index (χ1v) is 7.70. The minimum Gasteiger partial charge on any atom is -0.493 e. The van der Waals surface area contributed by atoms with Gasteiger partial charge in [-0.15, -0.1) is 0 Å². The van der Waals surface area contributed by atoms with E-state index in [-0.39, 0.29) is 25.5 Å². The van der Waals surface area contributed by atoms with Gasteiger partial charge in [-0.05, 0) is 31.0 Å². The maximum atomic E-state index is 11.7. The summed E-state index contributed by atoms with van der Waals surface area (Å²) in [6.45, 7) is 0.473. The number of carboxylic acid groups (broad SMARTS) is 1. The third-order valence-electron chi connectivity index (χ3n) is 3.78. The SMILES string of the molecule is O=C(CCOc1cccc(Br)c1)NCC1(C(=O)O)CCC1. The van der Waals surface area contributed by atoms with Gasteiger partial charge in [0.25, 0.3) is 0 Å². The van der Waals surface area contributed by atoms with Crippen LogP contribution in [0, 0.1) is 5.41 Å². The van der Waals surface area contributed by atoms with Crippen molar-refractivity contribution in [1.29, 1.82) is 0 Å². The van der Waals surface area contributed by atoms with Crippen LogP contribution in [0.5, 0.6) is 5.75 Å². The van der Waals surface area contributed by atoms with E-state index in [0.29, 0.717) is 18.6 Å². The van der Waals surface area contributed by atoms with Crippen LogP contribution in [-0.4, -0.2) is 30.1 Å². The van der Waals surface area contributed by atoms with Crippen molar-refractivity contribution >= 4 is 27.8 Å². The summed E-state index contributed by atoms with van der Waals surface area (Å²) in [6, 6.07) is 7.39. The Bertz CT molecular complexity index is 528. The summed E-state index contributed by atoms with van der Waals surface area (Å²) >= 11 is 3.34. The van der Waals surface area contributed by atoms with Gasteiger partial charge in [0.2, 0.25) is 5.91 Å². The average molecular weight is 356 g/mol. The van der Waals surface area contributed by atoms with E-state index in [1.165, 1.54) is 0 Å². The van der Waals surface area contributed by atoms with Crippen LogP contribution in [0.15, 0.2) is 28.7 Å². The molecule has 1 aromatic carbocycles. The highest BCUT2D eigenvalue weighted by Crippen LogP contribution is 2.40. The molecule has 1 amide bonds. The number of carbonyl (C=O) groups is 2. The molecule has 114 valence electrons. The highest BCUT2D eigenvalue weighted by molar-refractivity contribution is 9.10. The molecule has 0 bridgehead atoms. The second-order valence-electron chi connectivity index (χ2n) is 5.27. The third kappa shape index (κ3) is 4.20. The monoisotopic (exact) mass is 355 g/mol. The maximum absolute atomic E-state index is 11.7. The molecule has 0 unspecified atom stereocenters. The zero-order chi connectivity index (χ0) is 15.3. The summed E-state index contributed by atoms with van der Waals surface area (Å²) in [6.07, 6.45) is 2.39. The number of hydrogen-bond donors (Lipinski definition) is 2. The summed E-state index contributed by atoms with van der Waals surface area (Å²) in [5, 5.41) is 11.9. The summed E-state index contributed by atoms with van der Waals surface area (Å²) < 4.78 is 6.38. The molecule has 1 fully saturated rings. The van der Waals surface area contributed by atoms with Crippen LogP contribution in [-0.2, 0) is 9.59 Å². The topological polar surface area (TPSA) is 75.6 Å². The Morgan fingerprint density at radius 1 is 1.38 bits per heavy atom. The quantitative estimate of drug-likeness (QED) is 0.788. The molecule has 0 spiro atoms. The predicted molar refractivity (Wildman–Crippen MR) is 81.2 cm³/mol. The van der Waals surface area contributed by atoms with Gasteiger partial charge in [-0.25, -0.2) is 0 Å².